The van der Waals surface area contributed by atoms with Gasteiger partial charge in [0.05, 0.1) is 25.6 Å². The van der Waals surface area contributed by atoms with Crippen molar-refractivity contribution in [2.45, 2.75) is 6.54 Å². The first-order valence-corrected chi connectivity index (χ1v) is 10.1. The molecule has 0 atom stereocenters. The summed E-state index contributed by atoms with van der Waals surface area (Å²) in [4.78, 5) is 12.4. The fraction of sp³-hybridized carbons (Fsp3) is 0.235. The van der Waals surface area contributed by atoms with E-state index in [1.54, 1.807) is 36.4 Å². The molecule has 0 radical (unpaired) electrons. The molecule has 2 rings (SSSR count). The number of nitrogens with zero attached hydrogens (tertiary/aromatic N) is 1. The van der Waals surface area contributed by atoms with Crippen molar-refractivity contribution >= 4 is 44.8 Å². The predicted octanol–water partition coefficient (Wildman–Crippen LogP) is 3.40. The van der Waals surface area contributed by atoms with Crippen LogP contribution >= 0.6 is 23.2 Å². The number of benzene rings is 2. The number of rotatable bonds is 7. The lowest BCUT2D eigenvalue weighted by atomic mass is 10.2. The van der Waals surface area contributed by atoms with Crippen LogP contribution in [0, 0.1) is 0 Å². The van der Waals surface area contributed by atoms with E-state index in [2.05, 4.69) is 5.32 Å². The molecule has 1 N–H and O–H groups in total. The van der Waals surface area contributed by atoms with Crippen LogP contribution in [0.1, 0.15) is 5.56 Å². The molecule has 0 spiro atoms. The quantitative estimate of drug-likeness (QED) is 0.749. The summed E-state index contributed by atoms with van der Waals surface area (Å²) in [5.41, 5.74) is 1.08. The number of sulfonamides is 1. The van der Waals surface area contributed by atoms with Crippen LogP contribution in [-0.4, -0.2) is 38.5 Å². The number of methoxy groups -OCH3 is 1. The molecule has 2 aromatic rings. The summed E-state index contributed by atoms with van der Waals surface area (Å²) in [5.74, 6) is -0.0867. The van der Waals surface area contributed by atoms with Crippen molar-refractivity contribution in [3.05, 3.63) is 58.1 Å². The Hall–Kier alpha value is -1.80. The van der Waals surface area contributed by atoms with E-state index in [4.69, 9.17) is 27.9 Å². The summed E-state index contributed by atoms with van der Waals surface area (Å²) in [5, 5.41) is 3.59. The number of halogens is 2. The standard InChI is InChI=1S/C17H18Cl2N2O4S/c1-25-16-8-7-14(19)9-15(16)20-17(22)11-21(26(2,23)24)10-12-3-5-13(18)6-4-12/h3-9H,10-11H2,1-2H3,(H,20,22). The molecule has 0 heterocycles. The third kappa shape index (κ3) is 5.88. The minimum atomic E-state index is -3.60. The molecular formula is C17H18Cl2N2O4S. The second kappa shape index (κ2) is 8.73. The molecule has 26 heavy (non-hydrogen) atoms. The zero-order valence-corrected chi connectivity index (χ0v) is 16.5. The van der Waals surface area contributed by atoms with Crippen molar-refractivity contribution < 1.29 is 17.9 Å². The normalized spacial score (nSPS) is 11.4. The van der Waals surface area contributed by atoms with Crippen LogP contribution in [0.2, 0.25) is 10.0 Å². The number of carbonyl (C=O) groups is 1. The Morgan fingerprint density at radius 1 is 1.12 bits per heavy atom. The Kier molecular flexibility index (Phi) is 6.88. The van der Waals surface area contributed by atoms with Gasteiger partial charge in [0.1, 0.15) is 5.75 Å². The summed E-state index contributed by atoms with van der Waals surface area (Å²) in [6.45, 7) is -0.298. The zero-order chi connectivity index (χ0) is 19.3. The lowest BCUT2D eigenvalue weighted by Crippen LogP contribution is -2.36. The predicted molar refractivity (Wildman–Crippen MR) is 103 cm³/mol. The summed E-state index contributed by atoms with van der Waals surface area (Å²) < 4.78 is 30.3. The van der Waals surface area contributed by atoms with Gasteiger partial charge in [-0.05, 0) is 35.9 Å². The molecule has 0 aromatic heterocycles. The van der Waals surface area contributed by atoms with Crippen LogP contribution in [0.15, 0.2) is 42.5 Å². The van der Waals surface area contributed by atoms with Crippen LogP contribution in [-0.2, 0) is 21.4 Å². The van der Waals surface area contributed by atoms with Gasteiger partial charge in [-0.15, -0.1) is 0 Å². The SMILES string of the molecule is COc1ccc(Cl)cc1NC(=O)CN(Cc1ccc(Cl)cc1)S(C)(=O)=O. The van der Waals surface area contributed by atoms with E-state index in [9.17, 15) is 13.2 Å². The molecule has 0 saturated heterocycles. The number of hydrogen-bond donors (Lipinski definition) is 1. The van der Waals surface area contributed by atoms with E-state index in [0.717, 1.165) is 10.6 Å². The number of nitrogens with one attached hydrogen (secondary N) is 1. The maximum atomic E-state index is 12.4. The fourth-order valence-corrected chi connectivity index (χ4v) is 3.25. The van der Waals surface area contributed by atoms with Gasteiger partial charge in [0.25, 0.3) is 0 Å². The van der Waals surface area contributed by atoms with Crippen LogP contribution in [0.25, 0.3) is 0 Å². The highest BCUT2D eigenvalue weighted by Gasteiger charge is 2.21. The van der Waals surface area contributed by atoms with E-state index >= 15 is 0 Å². The first-order valence-electron chi connectivity index (χ1n) is 7.52. The van der Waals surface area contributed by atoms with Gasteiger partial charge in [0, 0.05) is 16.6 Å². The molecule has 0 fully saturated rings. The van der Waals surface area contributed by atoms with Gasteiger partial charge in [-0.1, -0.05) is 35.3 Å². The number of amides is 1. The Labute approximate surface area is 162 Å². The number of ether oxygens (including phenoxy) is 1. The molecule has 0 aliphatic rings. The molecule has 9 heteroatoms. The van der Waals surface area contributed by atoms with Gasteiger partial charge in [0.2, 0.25) is 15.9 Å². The van der Waals surface area contributed by atoms with E-state index in [1.165, 1.54) is 13.2 Å². The molecule has 0 bridgehead atoms. The minimum Gasteiger partial charge on any atom is -0.495 e. The number of carbonyl (C=O) groups excluding carboxylic acids is 1. The molecule has 140 valence electrons. The highest BCUT2D eigenvalue weighted by Crippen LogP contribution is 2.27. The smallest absolute Gasteiger partial charge is 0.239 e. The van der Waals surface area contributed by atoms with Crippen molar-refractivity contribution in [2.24, 2.45) is 0 Å². The second-order valence-electron chi connectivity index (χ2n) is 5.55. The average molecular weight is 417 g/mol. The van der Waals surface area contributed by atoms with Crippen LogP contribution in [0.3, 0.4) is 0 Å². The Balaban J connectivity index is 2.14. The van der Waals surface area contributed by atoms with E-state index in [1.807, 2.05) is 0 Å². The van der Waals surface area contributed by atoms with E-state index < -0.39 is 15.9 Å². The van der Waals surface area contributed by atoms with Gasteiger partial charge in [-0.3, -0.25) is 4.79 Å². The van der Waals surface area contributed by atoms with Gasteiger partial charge in [-0.25, -0.2) is 8.42 Å². The van der Waals surface area contributed by atoms with Crippen LogP contribution in [0.4, 0.5) is 5.69 Å². The summed E-state index contributed by atoms with van der Waals surface area (Å²) in [7, 11) is -2.14. The summed E-state index contributed by atoms with van der Waals surface area (Å²) in [6, 6.07) is 11.5. The number of hydrogen-bond acceptors (Lipinski definition) is 4. The first kappa shape index (κ1) is 20.5. The fourth-order valence-electron chi connectivity index (χ4n) is 2.21. The number of anilines is 1. The van der Waals surface area contributed by atoms with Crippen LogP contribution < -0.4 is 10.1 Å². The van der Waals surface area contributed by atoms with Gasteiger partial charge in [0.15, 0.2) is 0 Å². The maximum absolute atomic E-state index is 12.4. The molecule has 0 unspecified atom stereocenters. The first-order chi connectivity index (χ1) is 12.2. The molecule has 1 amide bonds. The third-order valence-electron chi connectivity index (χ3n) is 3.50. The van der Waals surface area contributed by atoms with Gasteiger partial charge < -0.3 is 10.1 Å². The molecule has 6 nitrogen and oxygen atoms in total. The summed E-state index contributed by atoms with van der Waals surface area (Å²) >= 11 is 11.8. The lowest BCUT2D eigenvalue weighted by Gasteiger charge is -2.20. The van der Waals surface area contributed by atoms with Gasteiger partial charge in [-0.2, -0.15) is 4.31 Å². The van der Waals surface area contributed by atoms with E-state index in [-0.39, 0.29) is 13.1 Å². The lowest BCUT2D eigenvalue weighted by molar-refractivity contribution is -0.116. The Morgan fingerprint density at radius 2 is 1.73 bits per heavy atom. The minimum absolute atomic E-state index is 0.0517. The Bertz CT molecular complexity index is 886. The van der Waals surface area contributed by atoms with Crippen molar-refractivity contribution in [3.8, 4) is 5.75 Å². The van der Waals surface area contributed by atoms with Crippen molar-refractivity contribution in [2.75, 3.05) is 25.2 Å². The molecule has 0 aliphatic carbocycles. The van der Waals surface area contributed by atoms with Crippen molar-refractivity contribution in [3.63, 3.8) is 0 Å². The monoisotopic (exact) mass is 416 g/mol. The molecular weight excluding hydrogens is 399 g/mol. The Morgan fingerprint density at radius 3 is 2.31 bits per heavy atom. The molecule has 0 saturated carbocycles. The second-order valence-corrected chi connectivity index (χ2v) is 8.41. The summed E-state index contributed by atoms with van der Waals surface area (Å²) in [6.07, 6.45) is 1.05. The van der Waals surface area contributed by atoms with E-state index in [0.29, 0.717) is 27.0 Å². The average Bonchev–Trinajstić information content (AvgIpc) is 2.55. The highest BCUT2D eigenvalue weighted by molar-refractivity contribution is 7.88. The topological polar surface area (TPSA) is 75.7 Å². The van der Waals surface area contributed by atoms with Crippen molar-refractivity contribution in [1.82, 2.24) is 4.31 Å². The molecule has 0 aliphatic heterocycles. The maximum Gasteiger partial charge on any atom is 0.239 e. The van der Waals surface area contributed by atoms with Crippen molar-refractivity contribution in [1.29, 1.82) is 0 Å². The zero-order valence-electron chi connectivity index (χ0n) is 14.2. The van der Waals surface area contributed by atoms with Gasteiger partial charge >= 0.3 is 0 Å². The highest BCUT2D eigenvalue weighted by atomic mass is 35.5. The third-order valence-corrected chi connectivity index (χ3v) is 5.18. The molecule has 2 aromatic carbocycles. The van der Waals surface area contributed by atoms with Crippen LogP contribution in [0.5, 0.6) is 5.75 Å². The largest absolute Gasteiger partial charge is 0.495 e.